The average Bonchev–Trinajstić information content (AvgIpc) is 3.12. The maximum absolute atomic E-state index is 12.1. The van der Waals surface area contributed by atoms with Gasteiger partial charge in [0.25, 0.3) is 0 Å². The molecule has 1 aliphatic carbocycles. The van der Waals surface area contributed by atoms with Gasteiger partial charge in [0.05, 0.1) is 15.5 Å². The minimum absolute atomic E-state index is 0.0654. The van der Waals surface area contributed by atoms with Crippen molar-refractivity contribution in [2.45, 2.75) is 30.7 Å². The van der Waals surface area contributed by atoms with E-state index in [0.29, 0.717) is 5.92 Å². The molecule has 1 fully saturated rings. The summed E-state index contributed by atoms with van der Waals surface area (Å²) in [6.07, 6.45) is 2.13. The maximum Gasteiger partial charge on any atom is 0.240 e. The van der Waals surface area contributed by atoms with Crippen molar-refractivity contribution >= 4 is 21.6 Å². The van der Waals surface area contributed by atoms with Crippen molar-refractivity contribution in [3.05, 3.63) is 28.8 Å². The molecule has 96 valence electrons. The van der Waals surface area contributed by atoms with Gasteiger partial charge in [-0.05, 0) is 43.9 Å². The summed E-state index contributed by atoms with van der Waals surface area (Å²) in [5.41, 5.74) is 0.269. The Hall–Kier alpha value is -1.09. The molecule has 1 saturated carbocycles. The zero-order valence-corrected chi connectivity index (χ0v) is 11.4. The van der Waals surface area contributed by atoms with Crippen molar-refractivity contribution in [2.24, 2.45) is 5.92 Å². The molecule has 0 amide bonds. The highest BCUT2D eigenvalue weighted by Gasteiger charge is 2.31. The Morgan fingerprint density at radius 1 is 1.50 bits per heavy atom. The van der Waals surface area contributed by atoms with Gasteiger partial charge in [-0.3, -0.25) is 0 Å². The van der Waals surface area contributed by atoms with E-state index in [1.54, 1.807) is 0 Å². The van der Waals surface area contributed by atoms with Crippen LogP contribution in [0.3, 0.4) is 0 Å². The van der Waals surface area contributed by atoms with Crippen LogP contribution in [0.2, 0.25) is 5.02 Å². The van der Waals surface area contributed by atoms with Crippen LogP contribution in [0.5, 0.6) is 0 Å². The second-order valence-electron chi connectivity index (χ2n) is 4.50. The monoisotopic (exact) mass is 284 g/mol. The van der Waals surface area contributed by atoms with Gasteiger partial charge in [0, 0.05) is 6.04 Å². The molecule has 4 nitrogen and oxygen atoms in total. The van der Waals surface area contributed by atoms with E-state index in [0.717, 1.165) is 12.8 Å². The number of nitrogens with one attached hydrogen (secondary N) is 1. The van der Waals surface area contributed by atoms with Crippen LogP contribution in [0, 0.1) is 17.2 Å². The van der Waals surface area contributed by atoms with E-state index in [-0.39, 0.29) is 21.5 Å². The predicted molar refractivity (Wildman–Crippen MR) is 68.7 cm³/mol. The van der Waals surface area contributed by atoms with Crippen LogP contribution in [0.25, 0.3) is 0 Å². The summed E-state index contributed by atoms with van der Waals surface area (Å²) < 4.78 is 26.8. The summed E-state index contributed by atoms with van der Waals surface area (Å²) in [4.78, 5) is 0.0963. The number of sulfonamides is 1. The Labute approximate surface area is 112 Å². The first kappa shape index (κ1) is 13.3. The number of nitriles is 1. The second-order valence-corrected chi connectivity index (χ2v) is 6.62. The third-order valence-electron chi connectivity index (χ3n) is 3.04. The quantitative estimate of drug-likeness (QED) is 0.922. The van der Waals surface area contributed by atoms with Gasteiger partial charge >= 0.3 is 0 Å². The lowest BCUT2D eigenvalue weighted by Crippen LogP contribution is -2.34. The minimum atomic E-state index is -3.56. The van der Waals surface area contributed by atoms with E-state index in [1.165, 1.54) is 18.2 Å². The van der Waals surface area contributed by atoms with Gasteiger partial charge in [0.15, 0.2) is 0 Å². The van der Waals surface area contributed by atoms with E-state index >= 15 is 0 Å². The summed E-state index contributed by atoms with van der Waals surface area (Å²) in [6, 6.07) is 5.95. The lowest BCUT2D eigenvalue weighted by molar-refractivity contribution is 0.538. The number of rotatable bonds is 4. The van der Waals surface area contributed by atoms with Crippen LogP contribution in [-0.4, -0.2) is 14.5 Å². The molecule has 2 rings (SSSR count). The Bertz CT molecular complexity index is 603. The maximum atomic E-state index is 12.1. The highest BCUT2D eigenvalue weighted by Crippen LogP contribution is 2.33. The average molecular weight is 285 g/mol. The first-order valence-corrected chi connectivity index (χ1v) is 7.52. The van der Waals surface area contributed by atoms with Gasteiger partial charge < -0.3 is 0 Å². The number of hydrogen-bond donors (Lipinski definition) is 1. The van der Waals surface area contributed by atoms with Gasteiger partial charge in [-0.1, -0.05) is 11.6 Å². The van der Waals surface area contributed by atoms with Gasteiger partial charge in [0.1, 0.15) is 6.07 Å². The Kier molecular flexibility index (Phi) is 3.62. The molecular formula is C12H13ClN2O2S. The fourth-order valence-electron chi connectivity index (χ4n) is 1.76. The first-order chi connectivity index (χ1) is 8.44. The van der Waals surface area contributed by atoms with Gasteiger partial charge in [-0.2, -0.15) is 5.26 Å². The first-order valence-electron chi connectivity index (χ1n) is 5.66. The zero-order valence-electron chi connectivity index (χ0n) is 9.85. The third-order valence-corrected chi connectivity index (χ3v) is 4.91. The van der Waals surface area contributed by atoms with Crippen LogP contribution in [0.15, 0.2) is 23.1 Å². The molecule has 0 aromatic heterocycles. The number of benzene rings is 1. The second kappa shape index (κ2) is 4.88. The van der Waals surface area contributed by atoms with Crippen LogP contribution in [-0.2, 0) is 10.0 Å². The molecule has 0 saturated heterocycles. The SMILES string of the molecule is CC(NS(=O)(=O)c1ccc(C#N)c(Cl)c1)C1CC1. The molecule has 6 heteroatoms. The lowest BCUT2D eigenvalue weighted by Gasteiger charge is -2.13. The Morgan fingerprint density at radius 3 is 2.67 bits per heavy atom. The van der Waals surface area contributed by atoms with E-state index in [2.05, 4.69) is 4.72 Å². The van der Waals surface area contributed by atoms with Crippen LogP contribution in [0.1, 0.15) is 25.3 Å². The van der Waals surface area contributed by atoms with Crippen LogP contribution in [0.4, 0.5) is 0 Å². The largest absolute Gasteiger partial charge is 0.240 e. The van der Waals surface area contributed by atoms with Crippen molar-refractivity contribution in [1.29, 1.82) is 5.26 Å². The minimum Gasteiger partial charge on any atom is -0.208 e. The van der Waals surface area contributed by atoms with Crippen molar-refractivity contribution < 1.29 is 8.42 Å². The Balaban J connectivity index is 2.24. The van der Waals surface area contributed by atoms with E-state index < -0.39 is 10.0 Å². The van der Waals surface area contributed by atoms with E-state index in [1.807, 2.05) is 13.0 Å². The van der Waals surface area contributed by atoms with Crippen molar-refractivity contribution in [3.63, 3.8) is 0 Å². The molecule has 0 radical (unpaired) electrons. The summed E-state index contributed by atoms with van der Waals surface area (Å²) in [5.74, 6) is 0.439. The van der Waals surface area contributed by atoms with Crippen molar-refractivity contribution in [2.75, 3.05) is 0 Å². The fourth-order valence-corrected chi connectivity index (χ4v) is 3.38. The molecule has 0 spiro atoms. The van der Waals surface area contributed by atoms with Gasteiger partial charge in [-0.15, -0.1) is 0 Å². The molecule has 1 atom stereocenters. The topological polar surface area (TPSA) is 70.0 Å². The fraction of sp³-hybridized carbons (Fsp3) is 0.417. The number of nitrogens with zero attached hydrogens (tertiary/aromatic N) is 1. The summed E-state index contributed by atoms with van der Waals surface area (Å²) in [5, 5.41) is 8.89. The molecule has 1 N–H and O–H groups in total. The lowest BCUT2D eigenvalue weighted by atomic mass is 10.2. The van der Waals surface area contributed by atoms with Gasteiger partial charge in [0.2, 0.25) is 10.0 Å². The molecular weight excluding hydrogens is 272 g/mol. The third kappa shape index (κ3) is 2.83. The molecule has 1 aliphatic rings. The zero-order chi connectivity index (χ0) is 13.3. The molecule has 1 aromatic rings. The number of halogens is 1. The van der Waals surface area contributed by atoms with E-state index in [9.17, 15) is 8.42 Å². The molecule has 18 heavy (non-hydrogen) atoms. The van der Waals surface area contributed by atoms with Crippen molar-refractivity contribution in [1.82, 2.24) is 4.72 Å². The highest BCUT2D eigenvalue weighted by atomic mass is 35.5. The summed E-state index contributed by atoms with van der Waals surface area (Å²) >= 11 is 5.83. The molecule has 1 unspecified atom stereocenters. The Morgan fingerprint density at radius 2 is 2.17 bits per heavy atom. The number of hydrogen-bond acceptors (Lipinski definition) is 3. The van der Waals surface area contributed by atoms with Crippen LogP contribution < -0.4 is 4.72 Å². The summed E-state index contributed by atoms with van der Waals surface area (Å²) in [6.45, 7) is 1.86. The predicted octanol–water partition coefficient (Wildman–Crippen LogP) is 2.29. The highest BCUT2D eigenvalue weighted by molar-refractivity contribution is 7.89. The van der Waals surface area contributed by atoms with Gasteiger partial charge in [-0.25, -0.2) is 13.1 Å². The normalized spacial score (nSPS) is 17.2. The molecule has 0 heterocycles. The van der Waals surface area contributed by atoms with E-state index in [4.69, 9.17) is 16.9 Å². The smallest absolute Gasteiger partial charge is 0.208 e. The standard InChI is InChI=1S/C12H13ClN2O2S/c1-8(9-2-3-9)15-18(16,17)11-5-4-10(7-14)12(13)6-11/h4-6,8-9,15H,2-3H2,1H3. The summed E-state index contributed by atoms with van der Waals surface area (Å²) in [7, 11) is -3.56. The molecule has 0 aliphatic heterocycles. The van der Waals surface area contributed by atoms with Crippen LogP contribution >= 0.6 is 11.6 Å². The van der Waals surface area contributed by atoms with Crippen molar-refractivity contribution in [3.8, 4) is 6.07 Å². The molecule has 0 bridgehead atoms. The molecule has 1 aromatic carbocycles.